The van der Waals surface area contributed by atoms with Gasteiger partial charge in [0, 0.05) is 11.6 Å². The smallest absolute Gasteiger partial charge is 0.322 e. The van der Waals surface area contributed by atoms with Gasteiger partial charge in [0.15, 0.2) is 0 Å². The molecule has 0 aliphatic carbocycles. The molecule has 0 bridgehead atoms. The lowest BCUT2D eigenvalue weighted by molar-refractivity contribution is 0.440. The van der Waals surface area contributed by atoms with Crippen molar-refractivity contribution < 1.29 is 4.74 Å². The van der Waals surface area contributed by atoms with Crippen molar-refractivity contribution in [2.75, 3.05) is 0 Å². The topological polar surface area (TPSA) is 73.9 Å². The third-order valence-corrected chi connectivity index (χ3v) is 2.87. The normalized spacial score (nSPS) is 10.4. The van der Waals surface area contributed by atoms with Crippen LogP contribution >= 0.6 is 12.2 Å². The van der Waals surface area contributed by atoms with E-state index in [9.17, 15) is 0 Å². The summed E-state index contributed by atoms with van der Waals surface area (Å²) in [7, 11) is 0. The number of ether oxygens (including phenoxy) is 1. The second-order valence-electron chi connectivity index (χ2n) is 4.05. The molecule has 3 aromatic rings. The van der Waals surface area contributed by atoms with E-state index in [1.165, 1.54) is 0 Å². The Morgan fingerprint density at radius 3 is 2.85 bits per heavy atom. The zero-order valence-corrected chi connectivity index (χ0v) is 11.2. The van der Waals surface area contributed by atoms with Gasteiger partial charge >= 0.3 is 6.01 Å². The maximum absolute atomic E-state index is 5.58. The number of thiocarbonyl (C=S) groups is 1. The summed E-state index contributed by atoms with van der Waals surface area (Å²) in [5.41, 5.74) is 6.90. The van der Waals surface area contributed by atoms with Crippen molar-refractivity contribution in [3.8, 4) is 11.8 Å². The lowest BCUT2D eigenvalue weighted by Crippen LogP contribution is -2.12. The van der Waals surface area contributed by atoms with E-state index in [-0.39, 0.29) is 11.0 Å². The SMILES string of the molecule is NC(=S)c1ccnc(Oc2cnc3ccccc3c2)n1. The highest BCUT2D eigenvalue weighted by Gasteiger charge is 2.05. The Labute approximate surface area is 120 Å². The third-order valence-electron chi connectivity index (χ3n) is 2.66. The first kappa shape index (κ1) is 12.4. The average Bonchev–Trinajstić information content (AvgIpc) is 2.47. The molecule has 0 aliphatic rings. The number of aromatic nitrogens is 3. The van der Waals surface area contributed by atoms with Crippen LogP contribution in [0.2, 0.25) is 0 Å². The van der Waals surface area contributed by atoms with Crippen LogP contribution in [0.5, 0.6) is 11.8 Å². The van der Waals surface area contributed by atoms with Gasteiger partial charge in [-0.05, 0) is 18.2 Å². The van der Waals surface area contributed by atoms with Crippen LogP contribution in [0.25, 0.3) is 10.9 Å². The molecule has 20 heavy (non-hydrogen) atoms. The van der Waals surface area contributed by atoms with Gasteiger partial charge in [-0.1, -0.05) is 30.4 Å². The Balaban J connectivity index is 1.92. The Bertz CT molecular complexity index is 791. The van der Waals surface area contributed by atoms with Crippen LogP contribution in [0.3, 0.4) is 0 Å². The van der Waals surface area contributed by atoms with Gasteiger partial charge < -0.3 is 10.5 Å². The lowest BCUT2D eigenvalue weighted by Gasteiger charge is -2.05. The minimum absolute atomic E-state index is 0.187. The van der Waals surface area contributed by atoms with Crippen LogP contribution in [0, 0.1) is 0 Å². The van der Waals surface area contributed by atoms with Gasteiger partial charge in [-0.3, -0.25) is 4.98 Å². The molecular formula is C14H10N4OS. The number of para-hydroxylation sites is 1. The molecule has 0 saturated carbocycles. The van der Waals surface area contributed by atoms with Crippen molar-refractivity contribution >= 4 is 28.1 Å². The second-order valence-corrected chi connectivity index (χ2v) is 4.49. The molecule has 6 heteroatoms. The molecule has 0 spiro atoms. The number of hydrogen-bond donors (Lipinski definition) is 1. The van der Waals surface area contributed by atoms with Gasteiger partial charge in [0.2, 0.25) is 0 Å². The molecule has 0 saturated heterocycles. The van der Waals surface area contributed by atoms with Crippen LogP contribution in [-0.2, 0) is 0 Å². The quantitative estimate of drug-likeness (QED) is 0.744. The summed E-state index contributed by atoms with van der Waals surface area (Å²) in [6.07, 6.45) is 3.17. The summed E-state index contributed by atoms with van der Waals surface area (Å²) >= 11 is 4.87. The molecule has 0 atom stereocenters. The minimum Gasteiger partial charge on any atom is -0.423 e. The molecule has 0 amide bonds. The van der Waals surface area contributed by atoms with Crippen LogP contribution in [0.1, 0.15) is 5.69 Å². The number of benzene rings is 1. The molecule has 2 N–H and O–H groups in total. The van der Waals surface area contributed by atoms with E-state index >= 15 is 0 Å². The van der Waals surface area contributed by atoms with Crippen molar-refractivity contribution in [3.05, 3.63) is 54.5 Å². The Kier molecular flexibility index (Phi) is 3.22. The van der Waals surface area contributed by atoms with Gasteiger partial charge in [-0.15, -0.1) is 0 Å². The fourth-order valence-corrected chi connectivity index (χ4v) is 1.85. The highest BCUT2D eigenvalue weighted by Crippen LogP contribution is 2.21. The number of nitrogens with two attached hydrogens (primary N) is 1. The monoisotopic (exact) mass is 282 g/mol. The highest BCUT2D eigenvalue weighted by molar-refractivity contribution is 7.80. The summed E-state index contributed by atoms with van der Waals surface area (Å²) in [5.74, 6) is 0.559. The summed E-state index contributed by atoms with van der Waals surface area (Å²) in [6.45, 7) is 0. The fourth-order valence-electron chi connectivity index (χ4n) is 1.74. The fraction of sp³-hybridized carbons (Fsp3) is 0. The Morgan fingerprint density at radius 1 is 1.15 bits per heavy atom. The summed E-state index contributed by atoms with van der Waals surface area (Å²) in [6, 6.07) is 11.5. The van der Waals surface area contributed by atoms with Crippen molar-refractivity contribution in [1.82, 2.24) is 15.0 Å². The van der Waals surface area contributed by atoms with E-state index in [2.05, 4.69) is 15.0 Å². The number of rotatable bonds is 3. The van der Waals surface area contributed by atoms with Crippen molar-refractivity contribution in [2.24, 2.45) is 5.73 Å². The van der Waals surface area contributed by atoms with Crippen LogP contribution in [0.15, 0.2) is 48.8 Å². The third kappa shape index (κ3) is 2.55. The molecule has 0 radical (unpaired) electrons. The van der Waals surface area contributed by atoms with Gasteiger partial charge in [-0.25, -0.2) is 4.98 Å². The minimum atomic E-state index is 0.187. The standard InChI is InChI=1S/C14H10N4OS/c15-13(20)12-5-6-16-14(18-12)19-10-7-9-3-1-2-4-11(9)17-8-10/h1-8H,(H2,15,20). The van der Waals surface area contributed by atoms with E-state index in [0.29, 0.717) is 11.4 Å². The Hall–Kier alpha value is -2.60. The summed E-state index contributed by atoms with van der Waals surface area (Å²) in [4.78, 5) is 12.6. The molecule has 2 heterocycles. The Morgan fingerprint density at radius 2 is 2.00 bits per heavy atom. The van der Waals surface area contributed by atoms with E-state index < -0.39 is 0 Å². The predicted molar refractivity (Wildman–Crippen MR) is 79.7 cm³/mol. The van der Waals surface area contributed by atoms with E-state index in [1.807, 2.05) is 30.3 Å². The first-order valence-corrected chi connectivity index (χ1v) is 6.29. The number of fused-ring (bicyclic) bond motifs is 1. The van der Waals surface area contributed by atoms with Crippen molar-refractivity contribution in [1.29, 1.82) is 0 Å². The number of nitrogens with zero attached hydrogens (tertiary/aromatic N) is 3. The molecule has 2 aromatic heterocycles. The summed E-state index contributed by atoms with van der Waals surface area (Å²) in [5, 5.41) is 0.982. The zero-order chi connectivity index (χ0) is 13.9. The van der Waals surface area contributed by atoms with Crippen molar-refractivity contribution in [2.45, 2.75) is 0 Å². The molecule has 5 nitrogen and oxygen atoms in total. The van der Waals surface area contributed by atoms with Crippen LogP contribution < -0.4 is 10.5 Å². The van der Waals surface area contributed by atoms with Crippen LogP contribution in [-0.4, -0.2) is 19.9 Å². The molecule has 3 rings (SSSR count). The van der Waals surface area contributed by atoms with Gasteiger partial charge in [0.25, 0.3) is 0 Å². The summed E-state index contributed by atoms with van der Waals surface area (Å²) < 4.78 is 5.58. The lowest BCUT2D eigenvalue weighted by atomic mass is 10.2. The van der Waals surface area contributed by atoms with Gasteiger partial charge in [-0.2, -0.15) is 4.98 Å². The van der Waals surface area contributed by atoms with Crippen LogP contribution in [0.4, 0.5) is 0 Å². The van der Waals surface area contributed by atoms with Gasteiger partial charge in [0.05, 0.1) is 11.7 Å². The molecular weight excluding hydrogens is 272 g/mol. The molecule has 98 valence electrons. The number of pyridine rings is 1. The van der Waals surface area contributed by atoms with Gasteiger partial charge in [0.1, 0.15) is 16.4 Å². The highest BCUT2D eigenvalue weighted by atomic mass is 32.1. The zero-order valence-electron chi connectivity index (χ0n) is 10.4. The maximum Gasteiger partial charge on any atom is 0.322 e. The average molecular weight is 282 g/mol. The molecule has 0 unspecified atom stereocenters. The maximum atomic E-state index is 5.58. The largest absolute Gasteiger partial charge is 0.423 e. The first-order valence-electron chi connectivity index (χ1n) is 5.88. The molecule has 0 fully saturated rings. The second kappa shape index (κ2) is 5.18. The molecule has 1 aromatic carbocycles. The predicted octanol–water partition coefficient (Wildman–Crippen LogP) is 2.45. The van der Waals surface area contributed by atoms with E-state index in [1.54, 1.807) is 18.5 Å². The van der Waals surface area contributed by atoms with E-state index in [0.717, 1.165) is 10.9 Å². The number of hydrogen-bond acceptors (Lipinski definition) is 5. The van der Waals surface area contributed by atoms with Crippen molar-refractivity contribution in [3.63, 3.8) is 0 Å². The first-order chi connectivity index (χ1) is 9.72. The molecule has 0 aliphatic heterocycles. The van der Waals surface area contributed by atoms with E-state index in [4.69, 9.17) is 22.7 Å².